The van der Waals surface area contributed by atoms with Crippen LogP contribution in [0.5, 0.6) is 0 Å². The van der Waals surface area contributed by atoms with Crippen molar-refractivity contribution in [1.82, 2.24) is 9.47 Å². The molecule has 1 amide bonds. The van der Waals surface area contributed by atoms with E-state index in [9.17, 15) is 9.59 Å². The van der Waals surface area contributed by atoms with Gasteiger partial charge in [0, 0.05) is 24.5 Å². The van der Waals surface area contributed by atoms with Gasteiger partial charge in [0.05, 0.1) is 30.7 Å². The van der Waals surface area contributed by atoms with Gasteiger partial charge >= 0.3 is 5.97 Å². The number of aromatic nitrogens is 1. The predicted molar refractivity (Wildman–Crippen MR) is 102 cm³/mol. The number of aryl methyl sites for hydroxylation is 1. The Bertz CT molecular complexity index is 828. The standard InChI is InChI=1S/C21H26N2O4/c1-14-11-19(16(3)23(14)15(2)17-7-5-4-6-8-17)21(26)22-9-10-27-18(13-22)12-20(24)25/h4-8,11,15,18H,9-10,12-13H2,1-3H3,(H,24,25)/t15-,18+/m1/s1. The second-order valence-electron chi connectivity index (χ2n) is 7.08. The van der Waals surface area contributed by atoms with Gasteiger partial charge in [-0.15, -0.1) is 0 Å². The molecule has 1 aliphatic rings. The van der Waals surface area contributed by atoms with Crippen molar-refractivity contribution in [3.05, 3.63) is 58.9 Å². The number of amides is 1. The number of rotatable bonds is 5. The summed E-state index contributed by atoms with van der Waals surface area (Å²) in [6.07, 6.45) is -0.541. The number of benzene rings is 1. The molecule has 1 fully saturated rings. The molecule has 1 N–H and O–H groups in total. The van der Waals surface area contributed by atoms with Crippen LogP contribution in [0.2, 0.25) is 0 Å². The Morgan fingerprint density at radius 1 is 1.26 bits per heavy atom. The summed E-state index contributed by atoms with van der Waals surface area (Å²) in [5, 5.41) is 8.97. The van der Waals surface area contributed by atoms with Gasteiger partial charge in [-0.25, -0.2) is 0 Å². The van der Waals surface area contributed by atoms with Gasteiger partial charge in [0.15, 0.2) is 0 Å². The summed E-state index contributed by atoms with van der Waals surface area (Å²) >= 11 is 0. The highest BCUT2D eigenvalue weighted by atomic mass is 16.5. The number of carboxylic acid groups (broad SMARTS) is 1. The molecule has 2 heterocycles. The van der Waals surface area contributed by atoms with Crippen LogP contribution in [0.4, 0.5) is 0 Å². The Morgan fingerprint density at radius 2 is 1.96 bits per heavy atom. The van der Waals surface area contributed by atoms with Crippen molar-refractivity contribution in [2.24, 2.45) is 0 Å². The lowest BCUT2D eigenvalue weighted by molar-refractivity contribution is -0.141. The zero-order chi connectivity index (χ0) is 19.6. The van der Waals surface area contributed by atoms with Crippen LogP contribution in [-0.4, -0.2) is 52.3 Å². The highest BCUT2D eigenvalue weighted by Crippen LogP contribution is 2.26. The molecule has 1 saturated heterocycles. The Hall–Kier alpha value is -2.60. The predicted octanol–water partition coefficient (Wildman–Crippen LogP) is 3.03. The molecule has 6 heteroatoms. The minimum Gasteiger partial charge on any atom is -0.481 e. The van der Waals surface area contributed by atoms with E-state index in [0.717, 1.165) is 11.4 Å². The van der Waals surface area contributed by atoms with Crippen LogP contribution in [0.25, 0.3) is 0 Å². The monoisotopic (exact) mass is 370 g/mol. The van der Waals surface area contributed by atoms with Crippen LogP contribution in [0.15, 0.2) is 36.4 Å². The highest BCUT2D eigenvalue weighted by Gasteiger charge is 2.29. The third kappa shape index (κ3) is 4.06. The van der Waals surface area contributed by atoms with E-state index in [1.165, 1.54) is 5.56 Å². The summed E-state index contributed by atoms with van der Waals surface area (Å²) in [7, 11) is 0. The van der Waals surface area contributed by atoms with E-state index in [2.05, 4.69) is 23.6 Å². The second-order valence-corrected chi connectivity index (χ2v) is 7.08. The summed E-state index contributed by atoms with van der Waals surface area (Å²) in [6, 6.07) is 12.3. The van der Waals surface area contributed by atoms with Gasteiger partial charge in [-0.2, -0.15) is 0 Å². The molecule has 0 aliphatic carbocycles. The lowest BCUT2D eigenvalue weighted by Crippen LogP contribution is -2.46. The molecular weight excluding hydrogens is 344 g/mol. The molecule has 0 spiro atoms. The second kappa shape index (κ2) is 7.96. The number of nitrogens with zero attached hydrogens (tertiary/aromatic N) is 2. The number of hydrogen-bond acceptors (Lipinski definition) is 3. The molecule has 144 valence electrons. The minimum absolute atomic E-state index is 0.0618. The fourth-order valence-electron chi connectivity index (χ4n) is 3.86. The average molecular weight is 370 g/mol. The first kappa shape index (κ1) is 19.2. The number of carboxylic acids is 1. The largest absolute Gasteiger partial charge is 0.481 e. The summed E-state index contributed by atoms with van der Waals surface area (Å²) in [5.74, 6) is -0.975. The van der Waals surface area contributed by atoms with E-state index < -0.39 is 12.1 Å². The van der Waals surface area contributed by atoms with Crippen molar-refractivity contribution >= 4 is 11.9 Å². The van der Waals surface area contributed by atoms with Crippen molar-refractivity contribution in [2.75, 3.05) is 19.7 Å². The molecule has 0 saturated carbocycles. The number of carbonyl (C=O) groups is 2. The van der Waals surface area contributed by atoms with Gasteiger partial charge in [-0.1, -0.05) is 30.3 Å². The average Bonchev–Trinajstić information content (AvgIpc) is 2.95. The maximum atomic E-state index is 13.1. The molecule has 0 unspecified atom stereocenters. The molecule has 1 aromatic heterocycles. The summed E-state index contributed by atoms with van der Waals surface area (Å²) in [5.41, 5.74) is 3.81. The Labute approximate surface area is 159 Å². The molecule has 0 radical (unpaired) electrons. The van der Waals surface area contributed by atoms with Gasteiger partial charge in [-0.05, 0) is 32.4 Å². The van der Waals surface area contributed by atoms with Gasteiger partial charge in [0.2, 0.25) is 0 Å². The van der Waals surface area contributed by atoms with Crippen molar-refractivity contribution in [3.8, 4) is 0 Å². The van der Waals surface area contributed by atoms with Gasteiger partial charge < -0.3 is 19.3 Å². The van der Waals surface area contributed by atoms with Crippen molar-refractivity contribution in [2.45, 2.75) is 39.3 Å². The van der Waals surface area contributed by atoms with E-state index in [1.807, 2.05) is 38.1 Å². The Kier molecular flexibility index (Phi) is 5.65. The third-order valence-corrected chi connectivity index (χ3v) is 5.21. The van der Waals surface area contributed by atoms with E-state index in [0.29, 0.717) is 25.3 Å². The van der Waals surface area contributed by atoms with E-state index in [1.54, 1.807) is 4.90 Å². The number of ether oxygens (including phenoxy) is 1. The Morgan fingerprint density at radius 3 is 2.63 bits per heavy atom. The number of morpholine rings is 1. The lowest BCUT2D eigenvalue weighted by atomic mass is 10.1. The number of hydrogen-bond donors (Lipinski definition) is 1. The molecule has 3 rings (SSSR count). The fourth-order valence-corrected chi connectivity index (χ4v) is 3.86. The first-order valence-electron chi connectivity index (χ1n) is 9.24. The lowest BCUT2D eigenvalue weighted by Gasteiger charge is -2.32. The maximum Gasteiger partial charge on any atom is 0.306 e. The van der Waals surface area contributed by atoms with Crippen LogP contribution >= 0.6 is 0 Å². The molecule has 2 aromatic rings. The number of aliphatic carboxylic acids is 1. The van der Waals surface area contributed by atoms with Crippen LogP contribution in [-0.2, 0) is 9.53 Å². The van der Waals surface area contributed by atoms with Gasteiger partial charge in [-0.3, -0.25) is 9.59 Å². The zero-order valence-electron chi connectivity index (χ0n) is 16.0. The van der Waals surface area contributed by atoms with E-state index in [4.69, 9.17) is 9.84 Å². The zero-order valence-corrected chi connectivity index (χ0v) is 16.0. The first-order valence-corrected chi connectivity index (χ1v) is 9.24. The molecule has 1 aromatic carbocycles. The highest BCUT2D eigenvalue weighted by molar-refractivity contribution is 5.96. The first-order chi connectivity index (χ1) is 12.9. The van der Waals surface area contributed by atoms with E-state index in [-0.39, 0.29) is 18.4 Å². The molecule has 0 bridgehead atoms. The van der Waals surface area contributed by atoms with Crippen molar-refractivity contribution in [3.63, 3.8) is 0 Å². The van der Waals surface area contributed by atoms with Crippen molar-refractivity contribution in [1.29, 1.82) is 0 Å². The molecule has 2 atom stereocenters. The molecule has 1 aliphatic heterocycles. The molecule has 27 heavy (non-hydrogen) atoms. The van der Waals surface area contributed by atoms with Crippen LogP contribution < -0.4 is 0 Å². The van der Waals surface area contributed by atoms with Crippen LogP contribution in [0.3, 0.4) is 0 Å². The van der Waals surface area contributed by atoms with Gasteiger partial charge in [0.25, 0.3) is 5.91 Å². The normalized spacial score (nSPS) is 18.3. The minimum atomic E-state index is -0.913. The van der Waals surface area contributed by atoms with Crippen LogP contribution in [0.1, 0.15) is 46.7 Å². The maximum absolute atomic E-state index is 13.1. The fraction of sp³-hybridized carbons (Fsp3) is 0.429. The quantitative estimate of drug-likeness (QED) is 0.878. The smallest absolute Gasteiger partial charge is 0.306 e. The molecular formula is C21H26N2O4. The SMILES string of the molecule is Cc1cc(C(=O)N2CCO[C@@H](CC(=O)O)C2)c(C)n1[C@H](C)c1ccccc1. The summed E-state index contributed by atoms with van der Waals surface area (Å²) in [4.78, 5) is 25.7. The summed E-state index contributed by atoms with van der Waals surface area (Å²) < 4.78 is 7.66. The Balaban J connectivity index is 1.83. The van der Waals surface area contributed by atoms with Gasteiger partial charge in [0.1, 0.15) is 0 Å². The topological polar surface area (TPSA) is 71.8 Å². The number of carbonyl (C=O) groups excluding carboxylic acids is 1. The van der Waals surface area contributed by atoms with E-state index >= 15 is 0 Å². The third-order valence-electron chi connectivity index (χ3n) is 5.21. The molecule has 6 nitrogen and oxygen atoms in total. The van der Waals surface area contributed by atoms with Crippen molar-refractivity contribution < 1.29 is 19.4 Å². The summed E-state index contributed by atoms with van der Waals surface area (Å²) in [6.45, 7) is 7.25. The van der Waals surface area contributed by atoms with Crippen LogP contribution in [0, 0.1) is 13.8 Å².